The van der Waals surface area contributed by atoms with E-state index in [4.69, 9.17) is 5.73 Å². The van der Waals surface area contributed by atoms with Crippen LogP contribution >= 0.6 is 12.4 Å². The fourth-order valence-electron chi connectivity index (χ4n) is 1.18. The quantitative estimate of drug-likeness (QED) is 0.625. The van der Waals surface area contributed by atoms with Crippen LogP contribution in [0.15, 0.2) is 4.99 Å². The fraction of sp³-hybridized carbons (Fsp3) is 0.857. The van der Waals surface area contributed by atoms with Crippen LogP contribution < -0.4 is 5.73 Å². The van der Waals surface area contributed by atoms with Crippen molar-refractivity contribution in [2.75, 3.05) is 0 Å². The summed E-state index contributed by atoms with van der Waals surface area (Å²) in [4.78, 5) is 4.28. The van der Waals surface area contributed by atoms with Crippen LogP contribution in [0.3, 0.4) is 0 Å². The van der Waals surface area contributed by atoms with Crippen molar-refractivity contribution in [1.82, 2.24) is 0 Å². The lowest BCUT2D eigenvalue weighted by Crippen LogP contribution is -2.15. The third-order valence-corrected chi connectivity index (χ3v) is 1.93. The Bertz CT molecular complexity index is 134. The van der Waals surface area contributed by atoms with Crippen molar-refractivity contribution in [3.63, 3.8) is 0 Å². The largest absolute Gasteiger partial charge is 0.387 e. The number of rotatable bonds is 1. The van der Waals surface area contributed by atoms with Crippen LogP contribution in [0.25, 0.3) is 0 Å². The number of nitrogens with zero attached hydrogens (tertiary/aromatic N) is 1. The van der Waals surface area contributed by atoms with Gasteiger partial charge in [0.2, 0.25) is 0 Å². The molecule has 0 aromatic rings. The second-order valence-corrected chi connectivity index (χ2v) is 2.75. The highest BCUT2D eigenvalue weighted by molar-refractivity contribution is 5.85. The minimum absolute atomic E-state index is 0. The molecular weight excluding hydrogens is 148 g/mol. The Kier molecular flexibility index (Phi) is 3.72. The molecule has 0 fully saturated rings. The van der Waals surface area contributed by atoms with Crippen molar-refractivity contribution in [1.29, 1.82) is 0 Å². The molecule has 2 unspecified atom stereocenters. The molecule has 0 saturated heterocycles. The highest BCUT2D eigenvalue weighted by atomic mass is 35.5. The predicted octanol–water partition coefficient (Wildman–Crippen LogP) is 1.58. The van der Waals surface area contributed by atoms with Gasteiger partial charge < -0.3 is 5.73 Å². The van der Waals surface area contributed by atoms with E-state index in [-0.39, 0.29) is 12.4 Å². The number of aliphatic imine (C=N–C) groups is 1. The van der Waals surface area contributed by atoms with Crippen LogP contribution in [0, 0.1) is 5.92 Å². The molecule has 2 atom stereocenters. The van der Waals surface area contributed by atoms with E-state index in [1.807, 2.05) is 0 Å². The lowest BCUT2D eigenvalue weighted by atomic mass is 10.0. The molecular formula is C7H15ClN2. The lowest BCUT2D eigenvalue weighted by molar-refractivity contribution is 0.586. The summed E-state index contributed by atoms with van der Waals surface area (Å²) in [5, 5.41) is 0. The van der Waals surface area contributed by atoms with Crippen LogP contribution in [-0.4, -0.2) is 11.9 Å². The maximum atomic E-state index is 5.59. The molecule has 0 bridgehead atoms. The zero-order valence-corrected chi connectivity index (χ0v) is 7.32. The van der Waals surface area contributed by atoms with Gasteiger partial charge in [-0.3, -0.25) is 4.99 Å². The minimum Gasteiger partial charge on any atom is -0.387 e. The van der Waals surface area contributed by atoms with Crippen molar-refractivity contribution in [3.05, 3.63) is 0 Å². The van der Waals surface area contributed by atoms with Crippen LogP contribution in [0.5, 0.6) is 0 Å². The first-order valence-corrected chi connectivity index (χ1v) is 3.57. The number of amidine groups is 1. The van der Waals surface area contributed by atoms with Gasteiger partial charge in [-0.05, 0) is 12.8 Å². The summed E-state index contributed by atoms with van der Waals surface area (Å²) in [6, 6.07) is 0.514. The van der Waals surface area contributed by atoms with Gasteiger partial charge in [0.05, 0.1) is 11.9 Å². The molecule has 0 aromatic heterocycles. The van der Waals surface area contributed by atoms with Crippen molar-refractivity contribution in [3.8, 4) is 0 Å². The molecule has 0 radical (unpaired) electrons. The Morgan fingerprint density at radius 1 is 1.70 bits per heavy atom. The van der Waals surface area contributed by atoms with Crippen LogP contribution in [0.1, 0.15) is 26.7 Å². The summed E-state index contributed by atoms with van der Waals surface area (Å²) in [6.07, 6.45) is 2.29. The summed E-state index contributed by atoms with van der Waals surface area (Å²) in [5.41, 5.74) is 5.59. The monoisotopic (exact) mass is 162 g/mol. The first-order valence-electron chi connectivity index (χ1n) is 3.57. The molecule has 2 N–H and O–H groups in total. The van der Waals surface area contributed by atoms with Crippen molar-refractivity contribution in [2.45, 2.75) is 32.7 Å². The molecule has 60 valence electrons. The van der Waals surface area contributed by atoms with Gasteiger partial charge in [0.25, 0.3) is 0 Å². The number of nitrogens with two attached hydrogens (primary N) is 1. The van der Waals surface area contributed by atoms with Crippen molar-refractivity contribution >= 4 is 18.2 Å². The maximum Gasteiger partial charge on any atom is 0.0969 e. The Labute approximate surface area is 68.3 Å². The molecule has 0 amide bonds. The van der Waals surface area contributed by atoms with E-state index in [2.05, 4.69) is 18.8 Å². The van der Waals surface area contributed by atoms with Crippen molar-refractivity contribution < 1.29 is 0 Å². The molecule has 0 aromatic carbocycles. The first-order chi connectivity index (χ1) is 4.24. The van der Waals surface area contributed by atoms with Crippen LogP contribution in [0.2, 0.25) is 0 Å². The van der Waals surface area contributed by atoms with Gasteiger partial charge in [-0.2, -0.15) is 0 Å². The first kappa shape index (κ1) is 9.76. The molecule has 1 aliphatic rings. The number of hydrogen-bond acceptors (Lipinski definition) is 2. The number of hydrogen-bond donors (Lipinski definition) is 1. The van der Waals surface area contributed by atoms with Gasteiger partial charge in [-0.25, -0.2) is 0 Å². The predicted molar refractivity (Wildman–Crippen MR) is 46.7 cm³/mol. The maximum absolute atomic E-state index is 5.59. The molecule has 0 saturated carbocycles. The van der Waals surface area contributed by atoms with Crippen LogP contribution in [-0.2, 0) is 0 Å². The normalized spacial score (nSPS) is 31.2. The second kappa shape index (κ2) is 3.81. The summed E-state index contributed by atoms with van der Waals surface area (Å²) in [7, 11) is 0. The van der Waals surface area contributed by atoms with Gasteiger partial charge in [-0.15, -0.1) is 12.4 Å². The highest BCUT2D eigenvalue weighted by Crippen LogP contribution is 2.19. The van der Waals surface area contributed by atoms with E-state index in [0.717, 1.165) is 18.7 Å². The third-order valence-electron chi connectivity index (χ3n) is 1.93. The van der Waals surface area contributed by atoms with E-state index >= 15 is 0 Å². The molecule has 3 heteroatoms. The second-order valence-electron chi connectivity index (χ2n) is 2.75. The van der Waals surface area contributed by atoms with Crippen molar-refractivity contribution in [2.24, 2.45) is 16.6 Å². The zero-order chi connectivity index (χ0) is 6.85. The standard InChI is InChI=1S/C7H14N2.ClH/c1-3-6-4-5(2)7(8)9-6;/h5-6H,3-4H2,1-2H3,(H2,8,9);1H. The topological polar surface area (TPSA) is 38.4 Å². The lowest BCUT2D eigenvalue weighted by Gasteiger charge is -2.01. The summed E-state index contributed by atoms with van der Waals surface area (Å²) >= 11 is 0. The summed E-state index contributed by atoms with van der Waals surface area (Å²) in [5.74, 6) is 1.37. The minimum atomic E-state index is 0. The zero-order valence-electron chi connectivity index (χ0n) is 6.50. The molecule has 1 rings (SSSR count). The SMILES string of the molecule is CCC1CC(C)C(N)=N1.Cl. The molecule has 2 nitrogen and oxygen atoms in total. The Morgan fingerprint density at radius 3 is 2.50 bits per heavy atom. The molecule has 0 spiro atoms. The number of halogens is 1. The third kappa shape index (κ3) is 1.87. The van der Waals surface area contributed by atoms with Gasteiger partial charge in [0.1, 0.15) is 0 Å². The summed E-state index contributed by atoms with van der Waals surface area (Å²) in [6.45, 7) is 4.29. The average Bonchev–Trinajstić information content (AvgIpc) is 2.13. The molecule has 1 aliphatic heterocycles. The Hall–Kier alpha value is -0.240. The smallest absolute Gasteiger partial charge is 0.0969 e. The average molecular weight is 163 g/mol. The Morgan fingerprint density at radius 2 is 2.30 bits per heavy atom. The van der Waals surface area contributed by atoms with Gasteiger partial charge in [0, 0.05) is 5.92 Å². The van der Waals surface area contributed by atoms with E-state index in [1.165, 1.54) is 0 Å². The fourth-order valence-corrected chi connectivity index (χ4v) is 1.18. The summed E-state index contributed by atoms with van der Waals surface area (Å²) < 4.78 is 0. The van der Waals surface area contributed by atoms with Gasteiger partial charge in [-0.1, -0.05) is 13.8 Å². The van der Waals surface area contributed by atoms with E-state index in [1.54, 1.807) is 0 Å². The van der Waals surface area contributed by atoms with E-state index in [0.29, 0.717) is 12.0 Å². The molecule has 0 aliphatic carbocycles. The van der Waals surface area contributed by atoms with Crippen LogP contribution in [0.4, 0.5) is 0 Å². The highest BCUT2D eigenvalue weighted by Gasteiger charge is 2.20. The van der Waals surface area contributed by atoms with Gasteiger partial charge >= 0.3 is 0 Å². The van der Waals surface area contributed by atoms with E-state index in [9.17, 15) is 0 Å². The van der Waals surface area contributed by atoms with E-state index < -0.39 is 0 Å². The molecule has 1 heterocycles. The molecule has 10 heavy (non-hydrogen) atoms. The van der Waals surface area contributed by atoms with Gasteiger partial charge in [0.15, 0.2) is 0 Å². The Balaban J connectivity index is 0.000000810.